The Hall–Kier alpha value is -3.87. The second-order valence-electron chi connectivity index (χ2n) is 8.95. The molecule has 0 saturated carbocycles. The maximum absolute atomic E-state index is 12.5. The summed E-state index contributed by atoms with van der Waals surface area (Å²) in [4.78, 5) is 14.1. The number of ether oxygens (including phenoxy) is 2. The molecule has 0 bridgehead atoms. The topological polar surface area (TPSA) is 78.3 Å². The van der Waals surface area contributed by atoms with Crippen molar-refractivity contribution in [3.63, 3.8) is 0 Å². The van der Waals surface area contributed by atoms with Crippen molar-refractivity contribution in [2.24, 2.45) is 0 Å². The minimum absolute atomic E-state index is 0.0707. The fraction of sp³-hybridized carbons (Fsp3) is 0.269. The van der Waals surface area contributed by atoms with Gasteiger partial charge in [-0.1, -0.05) is 32.9 Å². The van der Waals surface area contributed by atoms with Crippen LogP contribution in [0.25, 0.3) is 16.7 Å². The molecule has 4 rings (SSSR count). The van der Waals surface area contributed by atoms with Gasteiger partial charge in [0.05, 0.1) is 12.8 Å². The summed E-state index contributed by atoms with van der Waals surface area (Å²) in [5.74, 6) is 1.19. The normalized spacial score (nSPS) is 11.4. The van der Waals surface area contributed by atoms with Crippen LogP contribution in [0, 0.1) is 6.92 Å². The highest BCUT2D eigenvalue weighted by Crippen LogP contribution is 2.25. The lowest BCUT2D eigenvalue weighted by Crippen LogP contribution is -2.20. The van der Waals surface area contributed by atoms with E-state index in [-0.39, 0.29) is 17.9 Å². The average molecular weight is 445 g/mol. The van der Waals surface area contributed by atoms with Gasteiger partial charge in [0, 0.05) is 5.69 Å². The van der Waals surface area contributed by atoms with Crippen molar-refractivity contribution in [1.29, 1.82) is 0 Å². The average Bonchev–Trinajstić information content (AvgIpc) is 3.20. The zero-order chi connectivity index (χ0) is 23.6. The molecular formula is C26H28N4O3. The lowest BCUT2D eigenvalue weighted by Gasteiger charge is -2.19. The van der Waals surface area contributed by atoms with E-state index >= 15 is 0 Å². The first kappa shape index (κ1) is 22.3. The third kappa shape index (κ3) is 5.14. The van der Waals surface area contributed by atoms with Crippen LogP contribution in [-0.2, 0) is 10.2 Å². The van der Waals surface area contributed by atoms with Crippen molar-refractivity contribution in [1.82, 2.24) is 15.0 Å². The molecule has 0 aliphatic heterocycles. The number of amides is 1. The lowest BCUT2D eigenvalue weighted by atomic mass is 9.87. The molecule has 1 N–H and O–H groups in total. The standard InChI is InChI=1S/C26H28N4O3/c1-17-14-23-24(29-30(28-23)19-8-12-20(32-5)13-9-19)15-22(17)27-25(31)16-33-21-10-6-18(7-11-21)26(2,3)4/h6-15H,16H2,1-5H3,(H,27,31). The molecule has 7 heteroatoms. The molecule has 0 radical (unpaired) electrons. The van der Waals surface area contributed by atoms with E-state index in [0.29, 0.717) is 17.0 Å². The minimum Gasteiger partial charge on any atom is -0.497 e. The van der Waals surface area contributed by atoms with Crippen LogP contribution < -0.4 is 14.8 Å². The number of anilines is 1. The largest absolute Gasteiger partial charge is 0.497 e. The maximum Gasteiger partial charge on any atom is 0.262 e. The highest BCUT2D eigenvalue weighted by molar-refractivity contribution is 5.95. The molecule has 0 atom stereocenters. The third-order valence-corrected chi connectivity index (χ3v) is 5.39. The van der Waals surface area contributed by atoms with Crippen LogP contribution in [0.3, 0.4) is 0 Å². The van der Waals surface area contributed by atoms with E-state index in [1.807, 2.05) is 67.6 Å². The van der Waals surface area contributed by atoms with Crippen LogP contribution in [0.1, 0.15) is 31.9 Å². The summed E-state index contributed by atoms with van der Waals surface area (Å²) >= 11 is 0. The number of rotatable bonds is 6. The summed E-state index contributed by atoms with van der Waals surface area (Å²) in [6.07, 6.45) is 0. The van der Waals surface area contributed by atoms with Gasteiger partial charge in [0.1, 0.15) is 22.5 Å². The van der Waals surface area contributed by atoms with Gasteiger partial charge >= 0.3 is 0 Å². The van der Waals surface area contributed by atoms with Crippen LogP contribution in [0.2, 0.25) is 0 Å². The molecule has 1 amide bonds. The summed E-state index contributed by atoms with van der Waals surface area (Å²) in [5, 5.41) is 12.0. The van der Waals surface area contributed by atoms with Crippen molar-refractivity contribution in [3.05, 3.63) is 71.8 Å². The Morgan fingerprint density at radius 2 is 1.55 bits per heavy atom. The number of nitrogens with one attached hydrogen (secondary N) is 1. The number of carbonyl (C=O) groups is 1. The SMILES string of the molecule is COc1ccc(-n2nc3cc(C)c(NC(=O)COc4ccc(C(C)(C)C)cc4)cc3n2)cc1. The minimum atomic E-state index is -0.236. The summed E-state index contributed by atoms with van der Waals surface area (Å²) in [6.45, 7) is 8.32. The zero-order valence-corrected chi connectivity index (χ0v) is 19.5. The summed E-state index contributed by atoms with van der Waals surface area (Å²) in [6, 6.07) is 19.1. The van der Waals surface area contributed by atoms with E-state index in [0.717, 1.165) is 22.5 Å². The number of methoxy groups -OCH3 is 1. The molecule has 0 fully saturated rings. The maximum atomic E-state index is 12.5. The van der Waals surface area contributed by atoms with Gasteiger partial charge in [-0.15, -0.1) is 10.2 Å². The van der Waals surface area contributed by atoms with Crippen LogP contribution in [0.4, 0.5) is 5.69 Å². The molecular weight excluding hydrogens is 416 g/mol. The third-order valence-electron chi connectivity index (χ3n) is 5.39. The highest BCUT2D eigenvalue weighted by Gasteiger charge is 2.14. The number of hydrogen-bond donors (Lipinski definition) is 1. The summed E-state index contributed by atoms with van der Waals surface area (Å²) in [5.41, 5.74) is 5.11. The van der Waals surface area contributed by atoms with E-state index in [9.17, 15) is 4.79 Å². The monoisotopic (exact) mass is 444 g/mol. The molecule has 1 heterocycles. The van der Waals surface area contributed by atoms with Crippen LogP contribution in [-0.4, -0.2) is 34.6 Å². The Morgan fingerprint density at radius 3 is 2.15 bits per heavy atom. The summed E-state index contributed by atoms with van der Waals surface area (Å²) in [7, 11) is 1.63. The molecule has 4 aromatic rings. The predicted octanol–water partition coefficient (Wildman–Crippen LogP) is 5.05. The fourth-order valence-corrected chi connectivity index (χ4v) is 3.42. The Morgan fingerprint density at radius 1 is 0.939 bits per heavy atom. The fourth-order valence-electron chi connectivity index (χ4n) is 3.42. The smallest absolute Gasteiger partial charge is 0.262 e. The van der Waals surface area contributed by atoms with Crippen LogP contribution in [0.5, 0.6) is 11.5 Å². The molecule has 0 aliphatic carbocycles. The lowest BCUT2D eigenvalue weighted by molar-refractivity contribution is -0.118. The van der Waals surface area contributed by atoms with Gasteiger partial charge in [0.2, 0.25) is 0 Å². The van der Waals surface area contributed by atoms with Crippen LogP contribution >= 0.6 is 0 Å². The van der Waals surface area contributed by atoms with Crippen molar-refractivity contribution >= 4 is 22.6 Å². The van der Waals surface area contributed by atoms with Gasteiger partial charge in [-0.2, -0.15) is 4.80 Å². The molecule has 7 nitrogen and oxygen atoms in total. The van der Waals surface area contributed by atoms with Gasteiger partial charge < -0.3 is 14.8 Å². The number of aromatic nitrogens is 3. The van der Waals surface area contributed by atoms with Crippen LogP contribution in [0.15, 0.2) is 60.7 Å². The van der Waals surface area contributed by atoms with E-state index in [1.165, 1.54) is 5.56 Å². The number of carbonyl (C=O) groups excluding carboxylic acids is 1. The number of benzene rings is 3. The molecule has 3 aromatic carbocycles. The van der Waals surface area contributed by atoms with E-state index < -0.39 is 0 Å². The number of nitrogens with zero attached hydrogens (tertiary/aromatic N) is 3. The van der Waals surface area contributed by atoms with Crippen molar-refractivity contribution in [2.75, 3.05) is 19.0 Å². The predicted molar refractivity (Wildman–Crippen MR) is 129 cm³/mol. The second-order valence-corrected chi connectivity index (χ2v) is 8.95. The molecule has 0 saturated heterocycles. The van der Waals surface area contributed by atoms with Gasteiger partial charge in [-0.3, -0.25) is 4.79 Å². The van der Waals surface area contributed by atoms with Gasteiger partial charge in [0.15, 0.2) is 6.61 Å². The molecule has 0 spiro atoms. The Bertz CT molecular complexity index is 1270. The Balaban J connectivity index is 1.44. The second kappa shape index (κ2) is 8.94. The van der Waals surface area contributed by atoms with E-state index in [1.54, 1.807) is 11.9 Å². The van der Waals surface area contributed by atoms with Gasteiger partial charge in [-0.25, -0.2) is 0 Å². The van der Waals surface area contributed by atoms with Crippen molar-refractivity contribution < 1.29 is 14.3 Å². The molecule has 1 aromatic heterocycles. The van der Waals surface area contributed by atoms with Gasteiger partial charge in [-0.05, 0) is 72.0 Å². The molecule has 170 valence electrons. The van der Waals surface area contributed by atoms with Crippen molar-refractivity contribution in [3.8, 4) is 17.2 Å². The van der Waals surface area contributed by atoms with E-state index in [4.69, 9.17) is 9.47 Å². The Kier molecular flexibility index (Phi) is 6.05. The van der Waals surface area contributed by atoms with Crippen molar-refractivity contribution in [2.45, 2.75) is 33.1 Å². The number of aryl methyl sites for hydroxylation is 1. The molecule has 33 heavy (non-hydrogen) atoms. The number of fused-ring (bicyclic) bond motifs is 1. The quantitative estimate of drug-likeness (QED) is 0.450. The summed E-state index contributed by atoms with van der Waals surface area (Å²) < 4.78 is 10.9. The Labute approximate surface area is 193 Å². The van der Waals surface area contributed by atoms with Gasteiger partial charge in [0.25, 0.3) is 5.91 Å². The molecule has 0 unspecified atom stereocenters. The first-order valence-electron chi connectivity index (χ1n) is 10.8. The zero-order valence-electron chi connectivity index (χ0n) is 19.5. The first-order valence-corrected chi connectivity index (χ1v) is 10.8. The highest BCUT2D eigenvalue weighted by atomic mass is 16.5. The molecule has 0 aliphatic rings. The first-order chi connectivity index (χ1) is 15.7. The van der Waals surface area contributed by atoms with E-state index in [2.05, 4.69) is 36.3 Å². The number of hydrogen-bond acceptors (Lipinski definition) is 5.